The molecule has 7 heteroatoms. The minimum atomic E-state index is -3.20. The molecule has 1 aromatic rings. The van der Waals surface area contributed by atoms with Crippen LogP contribution in [0.2, 0.25) is 0 Å². The van der Waals surface area contributed by atoms with Gasteiger partial charge in [0.1, 0.15) is 6.07 Å². The Hall–Kier alpha value is -2.82. The van der Waals surface area contributed by atoms with Gasteiger partial charge in [0, 0.05) is 30.1 Å². The van der Waals surface area contributed by atoms with Crippen molar-refractivity contribution in [1.29, 1.82) is 5.26 Å². The third-order valence-corrected chi connectivity index (χ3v) is 6.12. The number of hydrogen-bond donors (Lipinski definition) is 1. The fourth-order valence-corrected chi connectivity index (χ4v) is 4.33. The lowest BCUT2D eigenvalue weighted by Gasteiger charge is -2.10. The third-order valence-electron chi connectivity index (χ3n) is 5.39. The van der Waals surface area contributed by atoms with E-state index in [0.29, 0.717) is 31.4 Å². The normalized spacial score (nSPS) is 13.9. The summed E-state index contributed by atoms with van der Waals surface area (Å²) in [5.41, 5.74) is 3.71. The first kappa shape index (κ1) is 37.3. The first-order chi connectivity index (χ1) is 18.3. The summed E-state index contributed by atoms with van der Waals surface area (Å²) in [6, 6.07) is 2.43. The van der Waals surface area contributed by atoms with E-state index in [-0.39, 0.29) is 0 Å². The van der Waals surface area contributed by atoms with Crippen LogP contribution in [0.25, 0.3) is 17.7 Å². The predicted octanol–water partition coefficient (Wildman–Crippen LogP) is 6.19. The molecule has 0 spiro atoms. The number of nitrogens with zero attached hydrogens (tertiary/aromatic N) is 2. The van der Waals surface area contributed by atoms with Gasteiger partial charge >= 0.3 is 0 Å². The fraction of sp³-hybridized carbons (Fsp3) is 0.516. The second-order valence-corrected chi connectivity index (χ2v) is 9.32. The van der Waals surface area contributed by atoms with E-state index in [9.17, 15) is 13.7 Å². The average molecular weight is 546 g/mol. The van der Waals surface area contributed by atoms with Crippen LogP contribution in [0, 0.1) is 11.3 Å². The Labute approximate surface area is 232 Å². The molecule has 1 aromatic heterocycles. The summed E-state index contributed by atoms with van der Waals surface area (Å²) in [4.78, 5) is 0. The van der Waals surface area contributed by atoms with Gasteiger partial charge in [0.15, 0.2) is 0 Å². The monoisotopic (exact) mass is 545 g/mol. The molecule has 1 aliphatic carbocycles. The lowest BCUT2D eigenvalue weighted by Crippen LogP contribution is -2.30. The summed E-state index contributed by atoms with van der Waals surface area (Å²) in [6.45, 7) is 19.1. The van der Waals surface area contributed by atoms with Crippen molar-refractivity contribution in [2.75, 3.05) is 19.9 Å². The van der Waals surface area contributed by atoms with E-state index in [2.05, 4.69) is 34.4 Å². The van der Waals surface area contributed by atoms with E-state index < -0.39 is 10.0 Å². The molecule has 0 aliphatic heterocycles. The Bertz CT molecular complexity index is 1220. The van der Waals surface area contributed by atoms with Gasteiger partial charge in [0.2, 0.25) is 10.0 Å². The Morgan fingerprint density at radius 1 is 1.16 bits per heavy atom. The Morgan fingerprint density at radius 3 is 2.26 bits per heavy atom. The van der Waals surface area contributed by atoms with Crippen molar-refractivity contribution in [1.82, 2.24) is 9.29 Å². The molecule has 0 fully saturated rings. The topological polar surface area (TPSA) is 84.1 Å². The van der Waals surface area contributed by atoms with Gasteiger partial charge in [-0.2, -0.15) is 5.26 Å². The van der Waals surface area contributed by atoms with Crippen molar-refractivity contribution in [2.45, 2.75) is 88.1 Å². The second-order valence-electron chi connectivity index (χ2n) is 7.49. The molecule has 0 radical (unpaired) electrons. The van der Waals surface area contributed by atoms with Crippen molar-refractivity contribution < 1.29 is 13.2 Å². The predicted molar refractivity (Wildman–Crippen MR) is 165 cm³/mol. The highest BCUT2D eigenvalue weighted by molar-refractivity contribution is 7.88. The molecule has 0 aromatic carbocycles. The van der Waals surface area contributed by atoms with Crippen LogP contribution in [0.4, 0.5) is 0 Å². The summed E-state index contributed by atoms with van der Waals surface area (Å²) in [7, 11) is -1.54. The van der Waals surface area contributed by atoms with E-state index in [1.165, 1.54) is 0 Å². The van der Waals surface area contributed by atoms with E-state index >= 15 is 0 Å². The number of hydrogen-bond acceptors (Lipinski definition) is 4. The van der Waals surface area contributed by atoms with E-state index in [4.69, 9.17) is 4.74 Å². The quantitative estimate of drug-likeness (QED) is 0.375. The van der Waals surface area contributed by atoms with Crippen LogP contribution < -0.4 is 15.3 Å². The first-order valence-electron chi connectivity index (χ1n) is 13.8. The van der Waals surface area contributed by atoms with Gasteiger partial charge < -0.3 is 9.30 Å². The SMILES string of the molecule is C/C=c1/c(C#N)c(C2=CC=C(CCNS(C)(=O)=O)C=CC2)n(CC)c1=CC/C(=C\C)OC.CC.CC.CC. The third kappa shape index (κ3) is 11.7. The summed E-state index contributed by atoms with van der Waals surface area (Å²) in [5.74, 6) is 0.878. The molecule has 0 saturated heterocycles. The fourth-order valence-electron chi connectivity index (χ4n) is 3.85. The highest BCUT2D eigenvalue weighted by Crippen LogP contribution is 2.24. The maximum absolute atomic E-state index is 11.3. The van der Waals surface area contributed by atoms with Gasteiger partial charge in [-0.1, -0.05) is 78.0 Å². The maximum Gasteiger partial charge on any atom is 0.208 e. The molecule has 0 unspecified atom stereocenters. The standard InChI is InChI=1S/C25H33N3O3S.3C2H6/c1-6-21(31-4)14-15-24-22(7-2)23(18-26)25(28(24)8-3)20-11-9-10-19(12-13-20)16-17-27-32(5,29)30;3*1-2/h6-7,9-10,12-13,15,27H,8,11,14,16-17H2,1-5H3;3*1-2H3/b21-6+,22-7-,24-15?;;;. The minimum Gasteiger partial charge on any atom is -0.501 e. The summed E-state index contributed by atoms with van der Waals surface area (Å²) < 4.78 is 32.7. The average Bonchev–Trinajstić information content (AvgIpc) is 3.06. The summed E-state index contributed by atoms with van der Waals surface area (Å²) in [5, 5.41) is 12.0. The zero-order chi connectivity index (χ0) is 29.7. The highest BCUT2D eigenvalue weighted by atomic mass is 32.2. The minimum absolute atomic E-state index is 0.355. The number of aromatic nitrogens is 1. The molecule has 1 heterocycles. The van der Waals surface area contributed by atoms with Crippen molar-refractivity contribution >= 4 is 27.7 Å². The molecule has 0 saturated carbocycles. The number of methoxy groups -OCH3 is 1. The van der Waals surface area contributed by atoms with Crippen LogP contribution in [0.1, 0.15) is 92.8 Å². The van der Waals surface area contributed by atoms with Crippen LogP contribution >= 0.6 is 0 Å². The zero-order valence-corrected chi connectivity index (χ0v) is 26.4. The molecular formula is C31H51N3O3S. The second kappa shape index (κ2) is 21.2. The number of nitrogens with one attached hydrogen (secondary N) is 1. The van der Waals surface area contributed by atoms with E-state index in [0.717, 1.165) is 46.0 Å². The van der Waals surface area contributed by atoms with E-state index in [1.807, 2.05) is 85.8 Å². The van der Waals surface area contributed by atoms with Crippen molar-refractivity contribution in [3.05, 3.63) is 63.5 Å². The molecule has 214 valence electrons. The summed E-state index contributed by atoms with van der Waals surface area (Å²) in [6.07, 6.45) is 17.3. The Balaban J connectivity index is 0. The molecule has 1 N–H and O–H groups in total. The van der Waals surface area contributed by atoms with Crippen LogP contribution in [0.3, 0.4) is 0 Å². The molecular weight excluding hydrogens is 494 g/mol. The molecule has 0 amide bonds. The number of sulfonamides is 1. The van der Waals surface area contributed by atoms with Gasteiger partial charge in [-0.05, 0) is 50.8 Å². The smallest absolute Gasteiger partial charge is 0.208 e. The largest absolute Gasteiger partial charge is 0.501 e. The number of allylic oxidation sites excluding steroid dienone is 7. The van der Waals surface area contributed by atoms with Crippen LogP contribution in [-0.2, 0) is 21.3 Å². The lowest BCUT2D eigenvalue weighted by molar-refractivity contribution is 0.286. The van der Waals surface area contributed by atoms with Gasteiger partial charge in [0.05, 0.1) is 30.4 Å². The van der Waals surface area contributed by atoms with Crippen molar-refractivity contribution in [2.24, 2.45) is 0 Å². The highest BCUT2D eigenvalue weighted by Gasteiger charge is 2.17. The number of ether oxygens (including phenoxy) is 1. The van der Waals surface area contributed by atoms with Gasteiger partial charge in [-0.25, -0.2) is 13.1 Å². The lowest BCUT2D eigenvalue weighted by atomic mass is 10.0. The van der Waals surface area contributed by atoms with Gasteiger partial charge in [-0.15, -0.1) is 0 Å². The Kier molecular flexibility index (Phi) is 20.8. The zero-order valence-electron chi connectivity index (χ0n) is 25.6. The van der Waals surface area contributed by atoms with Crippen LogP contribution in [-0.4, -0.2) is 32.9 Å². The molecule has 38 heavy (non-hydrogen) atoms. The maximum atomic E-state index is 11.3. The molecule has 1 aliphatic rings. The first-order valence-corrected chi connectivity index (χ1v) is 15.7. The molecule has 6 nitrogen and oxygen atoms in total. The van der Waals surface area contributed by atoms with Crippen molar-refractivity contribution in [3.63, 3.8) is 0 Å². The van der Waals surface area contributed by atoms with Gasteiger partial charge in [0.25, 0.3) is 0 Å². The molecule has 2 rings (SSSR count). The van der Waals surface area contributed by atoms with Crippen LogP contribution in [0.15, 0.2) is 41.7 Å². The Morgan fingerprint density at radius 2 is 1.79 bits per heavy atom. The van der Waals surface area contributed by atoms with Crippen molar-refractivity contribution in [3.8, 4) is 6.07 Å². The van der Waals surface area contributed by atoms with Crippen LogP contribution in [0.5, 0.6) is 0 Å². The number of rotatable bonds is 9. The van der Waals surface area contributed by atoms with E-state index in [1.54, 1.807) is 7.11 Å². The molecule has 0 atom stereocenters. The molecule has 0 bridgehead atoms. The van der Waals surface area contributed by atoms with Gasteiger partial charge in [-0.3, -0.25) is 0 Å². The summed E-state index contributed by atoms with van der Waals surface area (Å²) >= 11 is 0. The number of nitriles is 1.